The number of carbonyl (C=O) groups is 2. The van der Waals surface area contributed by atoms with Gasteiger partial charge in [-0.05, 0) is 5.92 Å². The first kappa shape index (κ1) is 16.4. The highest BCUT2D eigenvalue weighted by Crippen LogP contribution is 2.53. The van der Waals surface area contributed by atoms with Crippen LogP contribution in [0.3, 0.4) is 0 Å². The molecule has 2 rings (SSSR count). The number of hydrogen-bond donors (Lipinski definition) is 0. The van der Waals surface area contributed by atoms with Crippen LogP contribution in [0.15, 0.2) is 60.7 Å². The molecule has 0 fully saturated rings. The Kier molecular flexibility index (Phi) is 5.10. The van der Waals surface area contributed by atoms with Gasteiger partial charge in [0.15, 0.2) is 0 Å². The summed E-state index contributed by atoms with van der Waals surface area (Å²) in [6, 6.07) is 16.8. The summed E-state index contributed by atoms with van der Waals surface area (Å²) in [5.74, 6) is -0.00819. The molecule has 22 heavy (non-hydrogen) atoms. The predicted octanol–water partition coefficient (Wildman–Crippen LogP) is 4.69. The smallest absolute Gasteiger partial charge is 0.228 e. The maximum absolute atomic E-state index is 13.3. The van der Waals surface area contributed by atoms with Crippen molar-refractivity contribution in [3.05, 3.63) is 71.8 Å². The van der Waals surface area contributed by atoms with Crippen molar-refractivity contribution in [3.8, 4) is 0 Å². The molecule has 0 aliphatic heterocycles. The lowest BCUT2D eigenvalue weighted by atomic mass is 10.2. The van der Waals surface area contributed by atoms with Crippen molar-refractivity contribution in [2.75, 3.05) is 6.16 Å². The number of rotatable bonds is 6. The molecule has 0 heterocycles. The Morgan fingerprint density at radius 2 is 1.18 bits per heavy atom. The molecule has 0 saturated heterocycles. The van der Waals surface area contributed by atoms with Gasteiger partial charge in [0.05, 0.1) is 0 Å². The van der Waals surface area contributed by atoms with Crippen molar-refractivity contribution in [2.24, 2.45) is 5.92 Å². The zero-order valence-electron chi connectivity index (χ0n) is 12.7. The molecule has 0 aromatic heterocycles. The first-order valence-corrected chi connectivity index (χ1v) is 9.13. The van der Waals surface area contributed by atoms with E-state index in [2.05, 4.69) is 0 Å². The molecule has 0 radical (unpaired) electrons. The van der Waals surface area contributed by atoms with E-state index in [-0.39, 0.29) is 12.1 Å². The van der Waals surface area contributed by atoms with E-state index in [0.717, 1.165) is 0 Å². The Morgan fingerprint density at radius 1 is 0.818 bits per heavy atom. The van der Waals surface area contributed by atoms with Crippen LogP contribution in [0.25, 0.3) is 0 Å². The van der Waals surface area contributed by atoms with Gasteiger partial charge in [0, 0.05) is 17.3 Å². The van der Waals surface area contributed by atoms with E-state index in [1.807, 2.05) is 13.8 Å². The van der Waals surface area contributed by atoms with Crippen molar-refractivity contribution < 1.29 is 14.2 Å². The van der Waals surface area contributed by atoms with Gasteiger partial charge in [-0.2, -0.15) is 0 Å². The summed E-state index contributed by atoms with van der Waals surface area (Å²) in [7, 11) is -3.68. The lowest BCUT2D eigenvalue weighted by Gasteiger charge is -2.18. The van der Waals surface area contributed by atoms with Crippen LogP contribution < -0.4 is 0 Å². The third-order valence-electron chi connectivity index (χ3n) is 3.32. The minimum absolute atomic E-state index is 0.00819. The molecule has 0 unspecified atom stereocenters. The lowest BCUT2D eigenvalue weighted by molar-refractivity contribution is 0.103. The van der Waals surface area contributed by atoms with Crippen molar-refractivity contribution in [3.63, 3.8) is 0 Å². The highest BCUT2D eigenvalue weighted by molar-refractivity contribution is 7.95. The summed E-state index contributed by atoms with van der Waals surface area (Å²) >= 11 is 0. The summed E-state index contributed by atoms with van der Waals surface area (Å²) < 4.78 is 13.3. The fourth-order valence-corrected chi connectivity index (χ4v) is 5.03. The maximum atomic E-state index is 13.3. The van der Waals surface area contributed by atoms with Crippen LogP contribution in [0, 0.1) is 5.92 Å². The normalized spacial score (nSPS) is 11.4. The molecule has 3 nitrogen and oxygen atoms in total. The van der Waals surface area contributed by atoms with Crippen LogP contribution >= 0.6 is 7.14 Å². The Hall–Kier alpha value is -1.99. The van der Waals surface area contributed by atoms with Crippen LogP contribution in [-0.4, -0.2) is 17.2 Å². The first-order valence-electron chi connectivity index (χ1n) is 7.24. The van der Waals surface area contributed by atoms with E-state index in [9.17, 15) is 14.2 Å². The van der Waals surface area contributed by atoms with E-state index in [4.69, 9.17) is 0 Å². The highest BCUT2D eigenvalue weighted by Gasteiger charge is 2.41. The Bertz CT molecular complexity index is 650. The molecule has 4 heteroatoms. The third-order valence-corrected chi connectivity index (χ3v) is 6.39. The lowest BCUT2D eigenvalue weighted by Crippen LogP contribution is -2.16. The molecule has 0 aliphatic rings. The second-order valence-corrected chi connectivity index (χ2v) is 8.32. The molecule has 2 aromatic rings. The number of benzene rings is 2. The van der Waals surface area contributed by atoms with Crippen molar-refractivity contribution >= 4 is 18.2 Å². The van der Waals surface area contributed by atoms with Gasteiger partial charge in [0.1, 0.15) is 0 Å². The summed E-state index contributed by atoms with van der Waals surface area (Å²) in [5, 5.41) is 0. The van der Waals surface area contributed by atoms with E-state index >= 15 is 0 Å². The third kappa shape index (κ3) is 3.42. The summed E-state index contributed by atoms with van der Waals surface area (Å²) in [4.78, 5) is 25.5. The Balaban J connectivity index is 2.47. The molecule has 0 saturated carbocycles. The second kappa shape index (κ2) is 6.85. The fraction of sp³-hybridized carbons (Fsp3) is 0.222. The monoisotopic (exact) mass is 314 g/mol. The maximum Gasteiger partial charge on any atom is 0.228 e. The topological polar surface area (TPSA) is 51.2 Å². The molecule has 2 aromatic carbocycles. The van der Waals surface area contributed by atoms with Crippen LogP contribution in [-0.2, 0) is 4.57 Å². The average molecular weight is 314 g/mol. The van der Waals surface area contributed by atoms with Crippen molar-refractivity contribution in [2.45, 2.75) is 13.8 Å². The quantitative estimate of drug-likeness (QED) is 0.727. The molecule has 0 N–H and O–H groups in total. The predicted molar refractivity (Wildman–Crippen MR) is 88.9 cm³/mol. The number of hydrogen-bond acceptors (Lipinski definition) is 3. The van der Waals surface area contributed by atoms with Crippen LogP contribution in [0.4, 0.5) is 0 Å². The van der Waals surface area contributed by atoms with E-state index in [0.29, 0.717) is 11.1 Å². The zero-order valence-corrected chi connectivity index (χ0v) is 13.6. The Labute approximate surface area is 130 Å². The molecule has 0 aliphatic carbocycles. The van der Waals surface area contributed by atoms with E-state index < -0.39 is 18.2 Å². The molecule has 0 spiro atoms. The Morgan fingerprint density at radius 3 is 1.50 bits per heavy atom. The molecule has 114 valence electrons. The molecule has 0 amide bonds. The first-order chi connectivity index (χ1) is 10.4. The van der Waals surface area contributed by atoms with E-state index in [1.165, 1.54) is 0 Å². The van der Waals surface area contributed by atoms with Gasteiger partial charge < -0.3 is 4.57 Å². The molecule has 0 atom stereocenters. The average Bonchev–Trinajstić information content (AvgIpc) is 2.54. The van der Waals surface area contributed by atoms with Crippen molar-refractivity contribution in [1.82, 2.24) is 0 Å². The van der Waals surface area contributed by atoms with Gasteiger partial charge in [0.25, 0.3) is 0 Å². The van der Waals surface area contributed by atoms with Gasteiger partial charge in [-0.3, -0.25) is 9.59 Å². The largest absolute Gasteiger partial charge is 0.307 e. The summed E-state index contributed by atoms with van der Waals surface area (Å²) in [5.41, 5.74) is -0.433. The standard InChI is InChI=1S/C18H19O3P/c1-14(2)13-22(21,17(19)15-9-5-3-6-10-15)18(20)16-11-7-4-8-12-16/h3-12,14H,13H2,1-2H3. The molecular weight excluding hydrogens is 295 g/mol. The zero-order chi connectivity index (χ0) is 16.2. The minimum atomic E-state index is -3.68. The summed E-state index contributed by atoms with van der Waals surface area (Å²) in [6.07, 6.45) is 0.0917. The summed E-state index contributed by atoms with van der Waals surface area (Å²) in [6.45, 7) is 3.73. The molecule has 0 bridgehead atoms. The minimum Gasteiger partial charge on any atom is -0.307 e. The van der Waals surface area contributed by atoms with Crippen molar-refractivity contribution in [1.29, 1.82) is 0 Å². The van der Waals surface area contributed by atoms with Crippen LogP contribution in [0.5, 0.6) is 0 Å². The van der Waals surface area contributed by atoms with Gasteiger partial charge in [-0.15, -0.1) is 0 Å². The van der Waals surface area contributed by atoms with Gasteiger partial charge in [0.2, 0.25) is 18.2 Å². The SMILES string of the molecule is CC(C)CP(=O)(C(=O)c1ccccc1)C(=O)c1ccccc1. The van der Waals surface area contributed by atoms with Crippen LogP contribution in [0.2, 0.25) is 0 Å². The second-order valence-electron chi connectivity index (χ2n) is 5.66. The van der Waals surface area contributed by atoms with Gasteiger partial charge in [-0.1, -0.05) is 74.5 Å². The number of carbonyl (C=O) groups excluding carboxylic acids is 2. The molecular formula is C18H19O3P. The van der Waals surface area contributed by atoms with Gasteiger partial charge >= 0.3 is 0 Å². The highest BCUT2D eigenvalue weighted by atomic mass is 31.2. The van der Waals surface area contributed by atoms with Crippen LogP contribution in [0.1, 0.15) is 34.6 Å². The van der Waals surface area contributed by atoms with E-state index in [1.54, 1.807) is 60.7 Å². The van der Waals surface area contributed by atoms with Gasteiger partial charge in [-0.25, -0.2) is 0 Å². The fourth-order valence-electron chi connectivity index (χ4n) is 2.35.